The van der Waals surface area contributed by atoms with Crippen molar-refractivity contribution in [3.8, 4) is 0 Å². The number of carbonyl (C=O) groups excluding carboxylic acids is 3. The summed E-state index contributed by atoms with van der Waals surface area (Å²) in [5.41, 5.74) is 1.49. The first kappa shape index (κ1) is 23.3. The minimum atomic E-state index is -1.54. The standard InChI is InChI=1S/C23H21N3O7S/c1-14-13-34(32)22-19(24-18(27)11-15-5-3-2-4-6-15)21(28)25(22)20(14)23(29)33-12-16-7-9-17(10-8-16)26(30)31/h2-10,19-20,22H,1,11-13H2,(H,24,27). The number of non-ortho nitro benzene ring substituents is 1. The Balaban J connectivity index is 1.40. The van der Waals surface area contributed by atoms with E-state index in [-0.39, 0.29) is 35.9 Å². The molecule has 2 amide bonds. The van der Waals surface area contributed by atoms with Crippen molar-refractivity contribution in [1.29, 1.82) is 0 Å². The molecule has 2 aromatic rings. The third kappa shape index (κ3) is 4.60. The highest BCUT2D eigenvalue weighted by molar-refractivity contribution is 7.86. The molecule has 0 saturated carbocycles. The number of rotatable bonds is 7. The van der Waals surface area contributed by atoms with Crippen LogP contribution in [0.15, 0.2) is 66.7 Å². The lowest BCUT2D eigenvalue weighted by Gasteiger charge is -2.52. The van der Waals surface area contributed by atoms with Gasteiger partial charge in [0.05, 0.1) is 22.1 Å². The largest absolute Gasteiger partial charge is 0.459 e. The highest BCUT2D eigenvalue weighted by atomic mass is 32.2. The first-order chi connectivity index (χ1) is 16.3. The minimum Gasteiger partial charge on any atom is -0.459 e. The maximum Gasteiger partial charge on any atom is 0.333 e. The van der Waals surface area contributed by atoms with E-state index in [4.69, 9.17) is 4.74 Å². The van der Waals surface area contributed by atoms with Crippen molar-refractivity contribution in [1.82, 2.24) is 10.2 Å². The third-order valence-corrected chi connectivity index (χ3v) is 7.31. The van der Waals surface area contributed by atoms with E-state index in [0.717, 1.165) is 10.5 Å². The van der Waals surface area contributed by atoms with Crippen molar-refractivity contribution >= 4 is 34.3 Å². The lowest BCUT2D eigenvalue weighted by molar-refractivity contribution is -0.384. The molecule has 11 heteroatoms. The molecule has 2 heterocycles. The van der Waals surface area contributed by atoms with Gasteiger partial charge >= 0.3 is 5.97 Å². The summed E-state index contributed by atoms with van der Waals surface area (Å²) in [5, 5.41) is 12.5. The van der Waals surface area contributed by atoms with Gasteiger partial charge in [-0.2, -0.15) is 0 Å². The van der Waals surface area contributed by atoms with E-state index in [1.165, 1.54) is 24.3 Å². The number of esters is 1. The molecule has 2 aliphatic rings. The number of benzene rings is 2. The average Bonchev–Trinajstić information content (AvgIpc) is 2.81. The van der Waals surface area contributed by atoms with Crippen LogP contribution in [0.25, 0.3) is 0 Å². The Morgan fingerprint density at radius 2 is 1.82 bits per heavy atom. The molecule has 176 valence electrons. The molecule has 2 aromatic carbocycles. The fourth-order valence-electron chi connectivity index (χ4n) is 3.95. The van der Waals surface area contributed by atoms with E-state index in [1.54, 1.807) is 24.3 Å². The van der Waals surface area contributed by atoms with E-state index in [0.29, 0.717) is 5.56 Å². The zero-order chi connectivity index (χ0) is 24.4. The van der Waals surface area contributed by atoms with Crippen LogP contribution in [0.3, 0.4) is 0 Å². The number of hydrogen-bond donors (Lipinski definition) is 1. The minimum absolute atomic E-state index is 0.00317. The van der Waals surface area contributed by atoms with Crippen LogP contribution in [0.4, 0.5) is 5.69 Å². The van der Waals surface area contributed by atoms with Crippen LogP contribution in [0.5, 0.6) is 0 Å². The molecule has 2 saturated heterocycles. The highest BCUT2D eigenvalue weighted by Gasteiger charge is 2.59. The van der Waals surface area contributed by atoms with Gasteiger partial charge in [0.15, 0.2) is 6.04 Å². The zero-order valence-electron chi connectivity index (χ0n) is 17.9. The van der Waals surface area contributed by atoms with Crippen LogP contribution in [0.2, 0.25) is 0 Å². The summed E-state index contributed by atoms with van der Waals surface area (Å²) in [6.07, 6.45) is 0.0669. The Labute approximate surface area is 197 Å². The van der Waals surface area contributed by atoms with Crippen molar-refractivity contribution in [2.45, 2.75) is 30.5 Å². The molecule has 4 rings (SSSR count). The van der Waals surface area contributed by atoms with Gasteiger partial charge in [-0.25, -0.2) is 4.79 Å². The molecular weight excluding hydrogens is 462 g/mol. The van der Waals surface area contributed by atoms with Gasteiger partial charge in [-0.1, -0.05) is 36.9 Å². The van der Waals surface area contributed by atoms with E-state index in [1.807, 2.05) is 6.07 Å². The van der Waals surface area contributed by atoms with Gasteiger partial charge in [0.1, 0.15) is 18.0 Å². The monoisotopic (exact) mass is 483 g/mol. The lowest BCUT2D eigenvalue weighted by atomic mass is 9.98. The van der Waals surface area contributed by atoms with Crippen LogP contribution in [0.1, 0.15) is 11.1 Å². The lowest BCUT2D eigenvalue weighted by Crippen LogP contribution is -2.77. The smallest absolute Gasteiger partial charge is 0.333 e. The number of ether oxygens (including phenoxy) is 1. The quantitative estimate of drug-likeness (QED) is 0.206. The number of carbonyl (C=O) groups is 3. The summed E-state index contributed by atoms with van der Waals surface area (Å²) in [6, 6.07) is 12.4. The van der Waals surface area contributed by atoms with Crippen molar-refractivity contribution in [3.63, 3.8) is 0 Å². The number of nitro benzene ring substituents is 1. The third-order valence-electron chi connectivity index (χ3n) is 5.62. The zero-order valence-corrected chi connectivity index (χ0v) is 18.7. The fourth-order valence-corrected chi connectivity index (χ4v) is 5.61. The number of nitro groups is 1. The number of β-lactam (4-membered cyclic amide) rings is 1. The van der Waals surface area contributed by atoms with Gasteiger partial charge in [-0.15, -0.1) is 0 Å². The first-order valence-electron chi connectivity index (χ1n) is 10.4. The van der Waals surface area contributed by atoms with Gasteiger partial charge in [-0.3, -0.25) is 23.9 Å². The predicted octanol–water partition coefficient (Wildman–Crippen LogP) is 1.22. The Morgan fingerprint density at radius 1 is 1.15 bits per heavy atom. The highest BCUT2D eigenvalue weighted by Crippen LogP contribution is 2.35. The summed E-state index contributed by atoms with van der Waals surface area (Å²) < 4.78 is 18.0. The van der Waals surface area contributed by atoms with Gasteiger partial charge in [0, 0.05) is 17.9 Å². The van der Waals surface area contributed by atoms with Gasteiger partial charge in [0.25, 0.3) is 5.69 Å². The molecule has 34 heavy (non-hydrogen) atoms. The second kappa shape index (κ2) is 9.56. The van der Waals surface area contributed by atoms with E-state index < -0.39 is 45.1 Å². The molecule has 0 radical (unpaired) electrons. The summed E-state index contributed by atoms with van der Waals surface area (Å²) in [4.78, 5) is 49.4. The van der Waals surface area contributed by atoms with Crippen LogP contribution in [-0.4, -0.2) is 55.0 Å². The molecule has 10 nitrogen and oxygen atoms in total. The molecule has 0 aliphatic carbocycles. The molecule has 2 fully saturated rings. The molecule has 1 N–H and O–H groups in total. The topological polar surface area (TPSA) is 136 Å². The van der Waals surface area contributed by atoms with Crippen molar-refractivity contribution in [2.24, 2.45) is 0 Å². The first-order valence-corrected chi connectivity index (χ1v) is 11.7. The van der Waals surface area contributed by atoms with Crippen LogP contribution in [0, 0.1) is 10.1 Å². The van der Waals surface area contributed by atoms with E-state index in [2.05, 4.69) is 11.9 Å². The van der Waals surface area contributed by atoms with E-state index >= 15 is 0 Å². The molecule has 0 spiro atoms. The van der Waals surface area contributed by atoms with Crippen LogP contribution in [-0.2, 0) is 42.9 Å². The summed E-state index contributed by atoms with van der Waals surface area (Å²) in [5.74, 6) is -1.66. The van der Waals surface area contributed by atoms with Gasteiger partial charge < -0.3 is 15.0 Å². The van der Waals surface area contributed by atoms with Crippen molar-refractivity contribution < 1.29 is 28.3 Å². The average molecular weight is 484 g/mol. The summed E-state index contributed by atoms with van der Waals surface area (Å²) >= 11 is 0. The van der Waals surface area contributed by atoms with Crippen molar-refractivity contribution in [3.05, 3.63) is 88.0 Å². The normalized spacial score (nSPS) is 23.5. The number of hydrogen-bond acceptors (Lipinski definition) is 7. The summed E-state index contributed by atoms with van der Waals surface area (Å²) in [6.45, 7) is 3.64. The Kier molecular flexibility index (Phi) is 6.55. The van der Waals surface area contributed by atoms with Gasteiger partial charge in [-0.05, 0) is 28.8 Å². The Morgan fingerprint density at radius 3 is 2.47 bits per heavy atom. The number of nitrogens with one attached hydrogen (secondary N) is 1. The fraction of sp³-hybridized carbons (Fsp3) is 0.261. The molecule has 0 aromatic heterocycles. The summed E-state index contributed by atoms with van der Waals surface area (Å²) in [7, 11) is -1.54. The number of amides is 2. The predicted molar refractivity (Wildman–Crippen MR) is 122 cm³/mol. The number of nitrogens with zero attached hydrogens (tertiary/aromatic N) is 2. The molecule has 4 atom stereocenters. The maximum atomic E-state index is 12.8. The molecule has 2 aliphatic heterocycles. The maximum absolute atomic E-state index is 12.8. The van der Waals surface area contributed by atoms with Gasteiger partial charge in [0.2, 0.25) is 11.8 Å². The van der Waals surface area contributed by atoms with E-state index in [9.17, 15) is 28.7 Å². The number of fused-ring (bicyclic) bond motifs is 1. The van der Waals surface area contributed by atoms with Crippen molar-refractivity contribution in [2.75, 3.05) is 5.75 Å². The Bertz CT molecular complexity index is 1180. The molecular formula is C23H21N3O7S. The molecule has 0 bridgehead atoms. The Hall–Kier alpha value is -3.86. The SMILES string of the molecule is C=C1CS(=O)C2C(NC(=O)Cc3ccccc3)C(=O)N2C1C(=O)OCc1ccc([N+](=O)[O-])cc1. The second-order valence-electron chi connectivity index (χ2n) is 7.96. The molecule has 4 unspecified atom stereocenters. The van der Waals surface area contributed by atoms with Crippen LogP contribution < -0.4 is 5.32 Å². The second-order valence-corrected chi connectivity index (χ2v) is 9.49. The van der Waals surface area contributed by atoms with Crippen LogP contribution >= 0.6 is 0 Å².